The Morgan fingerprint density at radius 1 is 1.24 bits per heavy atom. The summed E-state index contributed by atoms with van der Waals surface area (Å²) >= 11 is 3.45. The number of halogens is 2. The van der Waals surface area contributed by atoms with Gasteiger partial charge < -0.3 is 0 Å². The molecule has 0 aliphatic heterocycles. The number of nitrogens with one attached hydrogen (secondary N) is 1. The molecule has 0 spiro atoms. The predicted molar refractivity (Wildman–Crippen MR) is 89.2 cm³/mol. The van der Waals surface area contributed by atoms with Crippen LogP contribution in [0, 0.1) is 23.6 Å². The molecule has 1 atom stereocenters. The Labute approximate surface area is 135 Å². The fourth-order valence-electron chi connectivity index (χ4n) is 3.50. The van der Waals surface area contributed by atoms with Crippen LogP contribution in [0.25, 0.3) is 0 Å². The maximum atomic E-state index is 13.2. The molecule has 1 fully saturated rings. The minimum atomic E-state index is -0.208. The zero-order valence-corrected chi connectivity index (χ0v) is 14.5. The van der Waals surface area contributed by atoms with E-state index in [0.29, 0.717) is 5.92 Å². The van der Waals surface area contributed by atoms with Crippen LogP contribution < -0.4 is 11.3 Å². The average Bonchev–Trinajstić information content (AvgIpc) is 2.47. The molecular weight excluding hydrogens is 331 g/mol. The Hall–Kier alpha value is -0.450. The lowest BCUT2D eigenvalue weighted by Gasteiger charge is -2.35. The van der Waals surface area contributed by atoms with Gasteiger partial charge in [-0.2, -0.15) is 0 Å². The van der Waals surface area contributed by atoms with Gasteiger partial charge in [-0.05, 0) is 67.6 Å². The molecule has 1 saturated carbocycles. The average molecular weight is 357 g/mol. The van der Waals surface area contributed by atoms with Gasteiger partial charge >= 0.3 is 0 Å². The summed E-state index contributed by atoms with van der Waals surface area (Å²) < 4.78 is 14.0. The maximum Gasteiger partial charge on any atom is 0.124 e. The first kappa shape index (κ1) is 16.9. The Morgan fingerprint density at radius 3 is 2.38 bits per heavy atom. The monoisotopic (exact) mass is 356 g/mol. The van der Waals surface area contributed by atoms with Crippen LogP contribution in [0.5, 0.6) is 0 Å². The van der Waals surface area contributed by atoms with Gasteiger partial charge in [0, 0.05) is 10.5 Å². The molecule has 118 valence electrons. The molecular formula is C17H26BrFN2. The lowest BCUT2D eigenvalue weighted by Crippen LogP contribution is -2.44. The summed E-state index contributed by atoms with van der Waals surface area (Å²) in [5.41, 5.74) is 4.11. The van der Waals surface area contributed by atoms with Gasteiger partial charge in [-0.25, -0.2) is 4.39 Å². The van der Waals surface area contributed by atoms with E-state index in [-0.39, 0.29) is 11.9 Å². The highest BCUT2D eigenvalue weighted by molar-refractivity contribution is 9.10. The lowest BCUT2D eigenvalue weighted by atomic mass is 9.74. The van der Waals surface area contributed by atoms with E-state index in [4.69, 9.17) is 5.84 Å². The molecule has 0 bridgehead atoms. The summed E-state index contributed by atoms with van der Waals surface area (Å²) in [5, 5.41) is 0. The van der Waals surface area contributed by atoms with Gasteiger partial charge in [0.25, 0.3) is 0 Å². The van der Waals surface area contributed by atoms with Gasteiger partial charge in [0.2, 0.25) is 0 Å². The van der Waals surface area contributed by atoms with Crippen molar-refractivity contribution in [3.63, 3.8) is 0 Å². The van der Waals surface area contributed by atoms with Crippen LogP contribution in [0.1, 0.15) is 45.1 Å². The van der Waals surface area contributed by atoms with Crippen LogP contribution in [-0.2, 0) is 6.42 Å². The van der Waals surface area contributed by atoms with Gasteiger partial charge in [0.15, 0.2) is 0 Å². The molecule has 0 amide bonds. The van der Waals surface area contributed by atoms with Gasteiger partial charge in [0.05, 0.1) is 0 Å². The van der Waals surface area contributed by atoms with Crippen LogP contribution >= 0.6 is 15.9 Å². The summed E-state index contributed by atoms with van der Waals surface area (Å²) in [6, 6.07) is 5.16. The van der Waals surface area contributed by atoms with Crippen molar-refractivity contribution in [2.75, 3.05) is 0 Å². The molecule has 1 aromatic carbocycles. The minimum Gasteiger partial charge on any atom is -0.271 e. The molecule has 0 saturated heterocycles. The van der Waals surface area contributed by atoms with Crippen molar-refractivity contribution in [2.24, 2.45) is 23.6 Å². The second-order valence-corrected chi connectivity index (χ2v) is 7.49. The van der Waals surface area contributed by atoms with Crippen molar-refractivity contribution in [1.82, 2.24) is 5.43 Å². The second kappa shape index (κ2) is 7.70. The van der Waals surface area contributed by atoms with Crippen molar-refractivity contribution in [3.8, 4) is 0 Å². The molecule has 0 heterocycles. The molecule has 2 rings (SSSR count). The molecule has 0 aromatic heterocycles. The van der Waals surface area contributed by atoms with Gasteiger partial charge in [-0.3, -0.25) is 11.3 Å². The van der Waals surface area contributed by atoms with Crippen molar-refractivity contribution in [2.45, 2.75) is 52.0 Å². The van der Waals surface area contributed by atoms with E-state index in [0.717, 1.165) is 28.3 Å². The SMILES string of the molecule is CC(C)C1CCC(C(Cc2ccc(F)cc2Br)NN)CC1. The zero-order chi connectivity index (χ0) is 15.4. The van der Waals surface area contributed by atoms with E-state index in [1.807, 2.05) is 6.07 Å². The summed E-state index contributed by atoms with van der Waals surface area (Å²) in [5.74, 6) is 7.83. The molecule has 2 nitrogen and oxygen atoms in total. The minimum absolute atomic E-state index is 0.208. The van der Waals surface area contributed by atoms with Crippen molar-refractivity contribution in [1.29, 1.82) is 0 Å². The fraction of sp³-hybridized carbons (Fsp3) is 0.647. The number of benzene rings is 1. The van der Waals surface area contributed by atoms with Crippen LogP contribution in [0.4, 0.5) is 4.39 Å². The second-order valence-electron chi connectivity index (χ2n) is 6.63. The molecule has 21 heavy (non-hydrogen) atoms. The molecule has 1 aromatic rings. The number of nitrogens with two attached hydrogens (primary N) is 1. The number of hydrogen-bond donors (Lipinski definition) is 2. The highest BCUT2D eigenvalue weighted by atomic mass is 79.9. The van der Waals surface area contributed by atoms with Gasteiger partial charge in [0.1, 0.15) is 5.82 Å². The third-order valence-electron chi connectivity index (χ3n) is 5.00. The highest BCUT2D eigenvalue weighted by Gasteiger charge is 2.28. The quantitative estimate of drug-likeness (QED) is 0.605. The van der Waals surface area contributed by atoms with Crippen LogP contribution in [0.15, 0.2) is 22.7 Å². The molecule has 3 N–H and O–H groups in total. The summed E-state index contributed by atoms with van der Waals surface area (Å²) in [7, 11) is 0. The molecule has 1 unspecified atom stereocenters. The molecule has 1 aliphatic rings. The molecule has 4 heteroatoms. The summed E-state index contributed by atoms with van der Waals surface area (Å²) in [4.78, 5) is 0. The highest BCUT2D eigenvalue weighted by Crippen LogP contribution is 2.35. The van der Waals surface area contributed by atoms with Crippen LogP contribution in [0.3, 0.4) is 0 Å². The number of hydrogen-bond acceptors (Lipinski definition) is 2. The van der Waals surface area contributed by atoms with Gasteiger partial charge in [-0.1, -0.05) is 35.8 Å². The molecule has 1 aliphatic carbocycles. The normalized spacial score (nSPS) is 24.3. The van der Waals surface area contributed by atoms with Crippen molar-refractivity contribution >= 4 is 15.9 Å². The van der Waals surface area contributed by atoms with Crippen molar-refractivity contribution < 1.29 is 4.39 Å². The van der Waals surface area contributed by atoms with Crippen LogP contribution in [0.2, 0.25) is 0 Å². The number of rotatable bonds is 5. The topological polar surface area (TPSA) is 38.0 Å². The Kier molecular flexibility index (Phi) is 6.20. The summed E-state index contributed by atoms with van der Waals surface area (Å²) in [6.07, 6.45) is 5.90. The molecule has 0 radical (unpaired) electrons. The largest absolute Gasteiger partial charge is 0.271 e. The van der Waals surface area contributed by atoms with E-state index in [2.05, 4.69) is 35.2 Å². The third kappa shape index (κ3) is 4.51. The first-order valence-corrected chi connectivity index (χ1v) is 8.70. The third-order valence-corrected chi connectivity index (χ3v) is 5.74. The van der Waals surface area contributed by atoms with E-state index >= 15 is 0 Å². The standard InChI is InChI=1S/C17H26BrFN2/c1-11(2)12-3-5-13(6-4-12)17(21-20)9-14-7-8-15(19)10-16(14)18/h7-8,10-13,17,21H,3-6,9,20H2,1-2H3. The Morgan fingerprint density at radius 2 is 1.86 bits per heavy atom. The zero-order valence-electron chi connectivity index (χ0n) is 12.9. The van der Waals surface area contributed by atoms with E-state index in [1.165, 1.54) is 37.8 Å². The Balaban J connectivity index is 1.97. The van der Waals surface area contributed by atoms with E-state index < -0.39 is 0 Å². The van der Waals surface area contributed by atoms with Gasteiger partial charge in [-0.15, -0.1) is 0 Å². The maximum absolute atomic E-state index is 13.2. The number of hydrazine groups is 1. The van der Waals surface area contributed by atoms with E-state index in [1.54, 1.807) is 0 Å². The van der Waals surface area contributed by atoms with Crippen LogP contribution in [-0.4, -0.2) is 6.04 Å². The van der Waals surface area contributed by atoms with E-state index in [9.17, 15) is 4.39 Å². The Bertz CT molecular complexity index is 456. The first-order valence-electron chi connectivity index (χ1n) is 7.91. The summed E-state index contributed by atoms with van der Waals surface area (Å²) in [6.45, 7) is 4.64. The lowest BCUT2D eigenvalue weighted by molar-refractivity contribution is 0.188. The van der Waals surface area contributed by atoms with Crippen molar-refractivity contribution in [3.05, 3.63) is 34.1 Å². The first-order chi connectivity index (χ1) is 10.0. The fourth-order valence-corrected chi connectivity index (χ4v) is 4.01. The smallest absolute Gasteiger partial charge is 0.124 e. The predicted octanol–water partition coefficient (Wildman–Crippen LogP) is 4.43.